The first-order valence-electron chi connectivity index (χ1n) is 11.1. The molecule has 0 unspecified atom stereocenters. The van der Waals surface area contributed by atoms with Crippen LogP contribution in [0.4, 0.5) is 5.82 Å². The first kappa shape index (κ1) is 21.0. The fourth-order valence-electron chi connectivity index (χ4n) is 4.42. The predicted octanol–water partition coefficient (Wildman–Crippen LogP) is 4.09. The van der Waals surface area contributed by atoms with E-state index in [0.717, 1.165) is 46.7 Å². The van der Waals surface area contributed by atoms with Crippen LogP contribution in [0, 0.1) is 0 Å². The minimum atomic E-state index is -0.841. The number of piperazine rings is 1. The highest BCUT2D eigenvalue weighted by Crippen LogP contribution is 2.32. The molecular weight excluding hydrogens is 416 g/mol. The molecule has 1 aliphatic rings. The molecule has 0 amide bonds. The van der Waals surface area contributed by atoms with Crippen molar-refractivity contribution >= 4 is 22.7 Å². The van der Waals surface area contributed by atoms with Gasteiger partial charge in [0.15, 0.2) is 0 Å². The maximum atomic E-state index is 12.3. The number of carbonyl (C=O) groups is 1. The largest absolute Gasteiger partial charge is 0.489 e. The van der Waals surface area contributed by atoms with E-state index < -0.39 is 12.0 Å². The zero-order valence-corrected chi connectivity index (χ0v) is 18.2. The second kappa shape index (κ2) is 9.34. The van der Waals surface area contributed by atoms with Crippen LogP contribution in [0.15, 0.2) is 79.1 Å². The van der Waals surface area contributed by atoms with Crippen molar-refractivity contribution in [1.82, 2.24) is 14.9 Å². The van der Waals surface area contributed by atoms with Gasteiger partial charge in [0.2, 0.25) is 0 Å². The van der Waals surface area contributed by atoms with Gasteiger partial charge >= 0.3 is 5.97 Å². The second-order valence-electron chi connectivity index (χ2n) is 8.18. The Morgan fingerprint density at radius 2 is 1.82 bits per heavy atom. The first-order valence-corrected chi connectivity index (χ1v) is 11.1. The maximum absolute atomic E-state index is 12.3. The molecule has 0 bridgehead atoms. The number of hydrogen-bond donors (Lipinski definition) is 2. The number of nitrogens with one attached hydrogen (secondary N) is 1. The molecule has 0 spiro atoms. The van der Waals surface area contributed by atoms with E-state index in [1.807, 2.05) is 77.8 Å². The van der Waals surface area contributed by atoms with Crippen molar-refractivity contribution in [3.05, 3.63) is 90.3 Å². The molecule has 168 valence electrons. The molecule has 1 fully saturated rings. The number of aromatic nitrogens is 2. The molecule has 2 aromatic carbocycles. The van der Waals surface area contributed by atoms with Gasteiger partial charge in [0.1, 0.15) is 24.2 Å². The number of anilines is 1. The smallest absolute Gasteiger partial charge is 0.325 e. The summed E-state index contributed by atoms with van der Waals surface area (Å²) in [6.07, 6.45) is 3.60. The number of nitrogens with zero attached hydrogens (tertiary/aromatic N) is 3. The van der Waals surface area contributed by atoms with Gasteiger partial charge in [-0.3, -0.25) is 9.69 Å². The summed E-state index contributed by atoms with van der Waals surface area (Å²) in [6.45, 7) is 3.26. The van der Waals surface area contributed by atoms with Crippen molar-refractivity contribution in [3.8, 4) is 5.75 Å². The molecule has 7 nitrogen and oxygen atoms in total. The van der Waals surface area contributed by atoms with Crippen molar-refractivity contribution in [2.75, 3.05) is 31.1 Å². The second-order valence-corrected chi connectivity index (χ2v) is 8.18. The average Bonchev–Trinajstić information content (AvgIpc) is 3.27. The van der Waals surface area contributed by atoms with E-state index in [0.29, 0.717) is 19.7 Å². The number of H-pyrrole nitrogens is 1. The van der Waals surface area contributed by atoms with Crippen molar-refractivity contribution in [2.45, 2.75) is 12.6 Å². The quantitative estimate of drug-likeness (QED) is 0.449. The van der Waals surface area contributed by atoms with Gasteiger partial charge in [0.25, 0.3) is 0 Å². The van der Waals surface area contributed by atoms with Crippen LogP contribution < -0.4 is 9.64 Å². The van der Waals surface area contributed by atoms with Crippen molar-refractivity contribution in [1.29, 1.82) is 0 Å². The number of rotatable bonds is 7. The molecule has 3 heterocycles. The lowest BCUT2D eigenvalue weighted by Gasteiger charge is -2.38. The normalized spacial score (nSPS) is 15.5. The summed E-state index contributed by atoms with van der Waals surface area (Å²) in [6, 6.07) is 20.9. The molecule has 0 aliphatic carbocycles. The summed E-state index contributed by atoms with van der Waals surface area (Å²) in [5, 5.41) is 11.0. The average molecular weight is 443 g/mol. The van der Waals surface area contributed by atoms with Crippen molar-refractivity contribution in [2.24, 2.45) is 0 Å². The van der Waals surface area contributed by atoms with E-state index in [4.69, 9.17) is 4.74 Å². The Labute approximate surface area is 192 Å². The van der Waals surface area contributed by atoms with Gasteiger partial charge in [-0.15, -0.1) is 0 Å². The zero-order chi connectivity index (χ0) is 22.6. The fraction of sp³-hybridized carbons (Fsp3) is 0.231. The molecule has 1 atom stereocenters. The topological polar surface area (TPSA) is 81.7 Å². The Morgan fingerprint density at radius 1 is 1.03 bits per heavy atom. The van der Waals surface area contributed by atoms with Gasteiger partial charge in [-0.1, -0.05) is 36.4 Å². The van der Waals surface area contributed by atoms with Crippen LogP contribution in [-0.4, -0.2) is 52.1 Å². The van der Waals surface area contributed by atoms with Crippen LogP contribution in [0.25, 0.3) is 10.9 Å². The first-order chi connectivity index (χ1) is 16.2. The van der Waals surface area contributed by atoms with Gasteiger partial charge in [0, 0.05) is 61.1 Å². The Bertz CT molecular complexity index is 1220. The summed E-state index contributed by atoms with van der Waals surface area (Å²) in [4.78, 5) is 24.2. The third kappa shape index (κ3) is 4.54. The van der Waals surface area contributed by atoms with Crippen LogP contribution in [0.1, 0.15) is 17.2 Å². The van der Waals surface area contributed by atoms with Crippen LogP contribution in [0.3, 0.4) is 0 Å². The summed E-state index contributed by atoms with van der Waals surface area (Å²) < 4.78 is 5.93. The molecular formula is C26H26N4O3. The highest BCUT2D eigenvalue weighted by atomic mass is 16.5. The molecule has 2 aromatic heterocycles. The lowest BCUT2D eigenvalue weighted by molar-refractivity contribution is -0.143. The molecule has 5 rings (SSSR count). The molecule has 0 saturated carbocycles. The molecule has 2 N–H and O–H groups in total. The number of carboxylic acid groups (broad SMARTS) is 1. The standard InChI is InChI=1S/C26H26N4O3/c31-26(32)25(30-14-12-29(13-15-30)24-8-4-5-11-27-24)22-17-28-23-16-20(9-10-21(22)23)33-18-19-6-2-1-3-7-19/h1-11,16-17,25,28H,12-15,18H2,(H,31,32)/t25-/m0/s1. The third-order valence-corrected chi connectivity index (χ3v) is 6.11. The van der Waals surface area contributed by atoms with E-state index in [9.17, 15) is 9.90 Å². The van der Waals surface area contributed by atoms with E-state index >= 15 is 0 Å². The molecule has 0 radical (unpaired) electrons. The van der Waals surface area contributed by atoms with Crippen LogP contribution >= 0.6 is 0 Å². The Morgan fingerprint density at radius 3 is 2.55 bits per heavy atom. The van der Waals surface area contributed by atoms with Crippen LogP contribution in [-0.2, 0) is 11.4 Å². The van der Waals surface area contributed by atoms with Crippen molar-refractivity contribution in [3.63, 3.8) is 0 Å². The van der Waals surface area contributed by atoms with Crippen molar-refractivity contribution < 1.29 is 14.6 Å². The molecule has 33 heavy (non-hydrogen) atoms. The highest BCUT2D eigenvalue weighted by Gasteiger charge is 2.32. The molecule has 1 saturated heterocycles. The number of ether oxygens (including phenoxy) is 1. The summed E-state index contributed by atoms with van der Waals surface area (Å²) in [7, 11) is 0. The molecule has 1 aliphatic heterocycles. The number of benzene rings is 2. The lowest BCUT2D eigenvalue weighted by Crippen LogP contribution is -2.49. The molecule has 4 aromatic rings. The van der Waals surface area contributed by atoms with Gasteiger partial charge in [-0.2, -0.15) is 0 Å². The van der Waals surface area contributed by atoms with Gasteiger partial charge < -0.3 is 19.7 Å². The van der Waals surface area contributed by atoms with Gasteiger partial charge in [-0.25, -0.2) is 4.98 Å². The zero-order valence-electron chi connectivity index (χ0n) is 18.2. The number of aliphatic carboxylic acids is 1. The monoisotopic (exact) mass is 442 g/mol. The Hall–Kier alpha value is -3.84. The number of pyridine rings is 1. The number of aromatic amines is 1. The summed E-state index contributed by atoms with van der Waals surface area (Å²) >= 11 is 0. The van der Waals surface area contributed by atoms with E-state index in [2.05, 4.69) is 14.9 Å². The van der Waals surface area contributed by atoms with Crippen LogP contribution in [0.5, 0.6) is 5.75 Å². The third-order valence-electron chi connectivity index (χ3n) is 6.11. The number of carboxylic acids is 1. The highest BCUT2D eigenvalue weighted by molar-refractivity contribution is 5.90. The number of hydrogen-bond acceptors (Lipinski definition) is 5. The summed E-state index contributed by atoms with van der Waals surface area (Å²) in [5.41, 5.74) is 2.74. The summed E-state index contributed by atoms with van der Waals surface area (Å²) in [5.74, 6) is 0.835. The van der Waals surface area contributed by atoms with Crippen LogP contribution in [0.2, 0.25) is 0 Å². The maximum Gasteiger partial charge on any atom is 0.325 e. The minimum Gasteiger partial charge on any atom is -0.489 e. The predicted molar refractivity (Wildman–Crippen MR) is 127 cm³/mol. The Balaban J connectivity index is 1.31. The SMILES string of the molecule is O=C(O)[C@H](c1c[nH]c2cc(OCc3ccccc3)ccc12)N1CCN(c2ccccn2)CC1. The minimum absolute atomic E-state index is 0.484. The Kier molecular flexibility index (Phi) is 5.95. The molecule has 7 heteroatoms. The van der Waals surface area contributed by atoms with Gasteiger partial charge in [-0.05, 0) is 29.8 Å². The fourth-order valence-corrected chi connectivity index (χ4v) is 4.42. The van der Waals surface area contributed by atoms with Gasteiger partial charge in [0.05, 0.1) is 0 Å². The van der Waals surface area contributed by atoms with E-state index in [1.165, 1.54) is 0 Å². The lowest BCUT2D eigenvalue weighted by atomic mass is 10.0. The number of fused-ring (bicyclic) bond motifs is 1. The van der Waals surface area contributed by atoms with E-state index in [1.54, 1.807) is 6.20 Å². The van der Waals surface area contributed by atoms with E-state index in [-0.39, 0.29) is 0 Å².